The minimum Gasteiger partial charge on any atom is -0.469 e. The summed E-state index contributed by atoms with van der Waals surface area (Å²) in [6.45, 7) is 20.4. The molecule has 0 heterocycles. The van der Waals surface area contributed by atoms with Gasteiger partial charge in [0.1, 0.15) is 0 Å². The van der Waals surface area contributed by atoms with Crippen molar-refractivity contribution in [2.75, 3.05) is 7.11 Å². The molecule has 2 rings (SSSR count). The number of aliphatic imine (C=N–C) groups is 2. The van der Waals surface area contributed by atoms with Crippen molar-refractivity contribution in [3.8, 4) is 0 Å². The minimum absolute atomic E-state index is 0. The van der Waals surface area contributed by atoms with Crippen molar-refractivity contribution < 1.29 is 26.0 Å². The third kappa shape index (κ3) is 10.0. The van der Waals surface area contributed by atoms with Crippen LogP contribution >= 0.6 is 0 Å². The molecule has 186 valence electrons. The SMILES string of the molecule is CC(=Nc1c(C)cc(C)cc1C)C(C)=Nc1c(C)cc(C)cc1C.COC(=O)C(C)C.[CH3-].[Ni]. The van der Waals surface area contributed by atoms with Crippen LogP contribution in [0.3, 0.4) is 0 Å². The summed E-state index contributed by atoms with van der Waals surface area (Å²) in [6, 6.07) is 8.72. The van der Waals surface area contributed by atoms with E-state index < -0.39 is 0 Å². The van der Waals surface area contributed by atoms with Crippen molar-refractivity contribution >= 4 is 28.8 Å². The summed E-state index contributed by atoms with van der Waals surface area (Å²) in [6.07, 6.45) is 0. The number of esters is 1. The van der Waals surface area contributed by atoms with Gasteiger partial charge in [-0.1, -0.05) is 49.2 Å². The molecule has 4 nitrogen and oxygen atoms in total. The fourth-order valence-electron chi connectivity index (χ4n) is 3.43. The number of carbonyl (C=O) groups excluding carboxylic acids is 1. The summed E-state index contributed by atoms with van der Waals surface area (Å²) in [5.74, 6) is -0.148. The van der Waals surface area contributed by atoms with E-state index >= 15 is 0 Å². The van der Waals surface area contributed by atoms with E-state index in [1.807, 2.05) is 13.8 Å². The maximum atomic E-state index is 10.3. The van der Waals surface area contributed by atoms with Gasteiger partial charge in [-0.3, -0.25) is 14.8 Å². The average Bonchev–Trinajstić information content (AvgIpc) is 2.66. The topological polar surface area (TPSA) is 51.0 Å². The largest absolute Gasteiger partial charge is 0.469 e. The van der Waals surface area contributed by atoms with Crippen molar-refractivity contribution in [2.45, 2.75) is 69.2 Å². The first-order valence-corrected chi connectivity index (χ1v) is 10.7. The van der Waals surface area contributed by atoms with Crippen LogP contribution in [-0.4, -0.2) is 24.5 Å². The second-order valence-corrected chi connectivity index (χ2v) is 8.57. The fourth-order valence-corrected chi connectivity index (χ4v) is 3.43. The van der Waals surface area contributed by atoms with Crippen molar-refractivity contribution in [3.63, 3.8) is 0 Å². The number of hydrogen-bond donors (Lipinski definition) is 0. The first-order chi connectivity index (χ1) is 14.4. The van der Waals surface area contributed by atoms with Crippen LogP contribution in [0.5, 0.6) is 0 Å². The molecule has 0 unspecified atom stereocenters. The molecule has 0 N–H and O–H groups in total. The van der Waals surface area contributed by atoms with Gasteiger partial charge < -0.3 is 12.2 Å². The first-order valence-electron chi connectivity index (χ1n) is 10.7. The summed E-state index contributed by atoms with van der Waals surface area (Å²) in [4.78, 5) is 20.0. The van der Waals surface area contributed by atoms with Gasteiger partial charge >= 0.3 is 5.97 Å². The maximum Gasteiger partial charge on any atom is 0.308 e. The van der Waals surface area contributed by atoms with Gasteiger partial charge in [0.2, 0.25) is 0 Å². The predicted molar refractivity (Wildman–Crippen MR) is 140 cm³/mol. The number of rotatable bonds is 4. The van der Waals surface area contributed by atoms with E-state index in [4.69, 9.17) is 9.98 Å². The molecule has 33 heavy (non-hydrogen) atoms. The molecular weight excluding hydrogens is 455 g/mol. The van der Waals surface area contributed by atoms with Gasteiger partial charge in [-0.2, -0.15) is 0 Å². The Bertz CT molecular complexity index is 887. The summed E-state index contributed by atoms with van der Waals surface area (Å²) in [5, 5.41) is 0. The van der Waals surface area contributed by atoms with Gasteiger partial charge in [0.25, 0.3) is 0 Å². The van der Waals surface area contributed by atoms with E-state index in [0.717, 1.165) is 22.8 Å². The molecule has 0 saturated heterocycles. The number of aryl methyl sites for hydroxylation is 6. The molecular formula is C28H41N2NiO2-. The van der Waals surface area contributed by atoms with Crippen molar-refractivity contribution in [1.82, 2.24) is 0 Å². The van der Waals surface area contributed by atoms with E-state index in [9.17, 15) is 4.79 Å². The van der Waals surface area contributed by atoms with Crippen LogP contribution in [0, 0.1) is 54.9 Å². The average molecular weight is 496 g/mol. The molecule has 0 aliphatic rings. The van der Waals surface area contributed by atoms with Crippen LogP contribution in [0.4, 0.5) is 11.4 Å². The van der Waals surface area contributed by atoms with Gasteiger partial charge in [0.05, 0.1) is 35.8 Å². The minimum atomic E-state index is -0.153. The third-order valence-electron chi connectivity index (χ3n) is 5.03. The Hall–Kier alpha value is -2.26. The van der Waals surface area contributed by atoms with E-state index in [2.05, 4.69) is 70.5 Å². The molecule has 5 heteroatoms. The molecule has 0 saturated carbocycles. The predicted octanol–water partition coefficient (Wildman–Crippen LogP) is 7.69. The number of hydrogen-bond acceptors (Lipinski definition) is 4. The fraction of sp³-hybridized carbons (Fsp3) is 0.429. The summed E-state index contributed by atoms with van der Waals surface area (Å²) in [5.41, 5.74) is 11.4. The van der Waals surface area contributed by atoms with Crippen molar-refractivity contribution in [1.29, 1.82) is 0 Å². The molecule has 0 bridgehead atoms. The second kappa shape index (κ2) is 14.8. The van der Waals surface area contributed by atoms with E-state index in [-0.39, 0.29) is 35.8 Å². The second-order valence-electron chi connectivity index (χ2n) is 8.57. The standard InChI is InChI=1S/C22H28N2.C5H10O2.CH3.Ni/c1-13-9-15(3)21(16(4)10-13)23-19(7)20(8)24-22-17(5)11-14(2)12-18(22)6;1-4(2)5(6)7-3;;/h9-12H,1-8H3;4H,1-3H3;1H3;/q;;-1;. The zero-order valence-electron chi connectivity index (χ0n) is 22.4. The molecule has 0 atom stereocenters. The zero-order valence-corrected chi connectivity index (χ0v) is 23.4. The van der Waals surface area contributed by atoms with Crippen LogP contribution in [-0.2, 0) is 26.0 Å². The maximum absolute atomic E-state index is 10.3. The first kappa shape index (κ1) is 32.9. The Balaban J connectivity index is 0. The molecule has 0 aliphatic heterocycles. The van der Waals surface area contributed by atoms with Crippen LogP contribution < -0.4 is 0 Å². The Morgan fingerprint density at radius 3 is 1.18 bits per heavy atom. The number of ether oxygens (including phenoxy) is 1. The number of methoxy groups -OCH3 is 1. The van der Waals surface area contributed by atoms with Crippen LogP contribution in [0.2, 0.25) is 0 Å². The Morgan fingerprint density at radius 2 is 1.00 bits per heavy atom. The number of benzene rings is 2. The van der Waals surface area contributed by atoms with Gasteiger partial charge in [0, 0.05) is 16.5 Å². The Kier molecular flexibility index (Phi) is 14.8. The quantitative estimate of drug-likeness (QED) is 0.189. The zero-order chi connectivity index (χ0) is 23.9. The summed E-state index contributed by atoms with van der Waals surface area (Å²) in [7, 11) is 1.39. The molecule has 0 fully saturated rings. The number of carbonyl (C=O) groups is 1. The molecule has 0 spiro atoms. The van der Waals surface area contributed by atoms with Gasteiger partial charge in [-0.05, 0) is 77.6 Å². The number of nitrogens with zero attached hydrogens (tertiary/aromatic N) is 2. The van der Waals surface area contributed by atoms with Gasteiger partial charge in [-0.25, -0.2) is 0 Å². The molecule has 0 amide bonds. The third-order valence-corrected chi connectivity index (χ3v) is 5.03. The molecule has 2 aromatic carbocycles. The molecule has 0 radical (unpaired) electrons. The van der Waals surface area contributed by atoms with E-state index in [1.54, 1.807) is 13.8 Å². The normalized spacial score (nSPS) is 11.2. The van der Waals surface area contributed by atoms with Crippen molar-refractivity contribution in [3.05, 3.63) is 65.1 Å². The van der Waals surface area contributed by atoms with E-state index in [0.29, 0.717) is 0 Å². The van der Waals surface area contributed by atoms with Crippen LogP contribution in [0.25, 0.3) is 0 Å². The van der Waals surface area contributed by atoms with E-state index in [1.165, 1.54) is 40.5 Å². The van der Waals surface area contributed by atoms with Crippen LogP contribution in [0.1, 0.15) is 61.1 Å². The Labute approximate surface area is 211 Å². The van der Waals surface area contributed by atoms with Crippen molar-refractivity contribution in [2.24, 2.45) is 15.9 Å². The molecule has 0 aromatic heterocycles. The summed E-state index contributed by atoms with van der Waals surface area (Å²) < 4.78 is 4.37. The monoisotopic (exact) mass is 495 g/mol. The van der Waals surface area contributed by atoms with Gasteiger partial charge in [0.15, 0.2) is 0 Å². The van der Waals surface area contributed by atoms with Gasteiger partial charge in [-0.15, -0.1) is 0 Å². The summed E-state index contributed by atoms with van der Waals surface area (Å²) >= 11 is 0. The molecule has 2 aromatic rings. The Morgan fingerprint density at radius 1 is 0.727 bits per heavy atom. The van der Waals surface area contributed by atoms with Crippen LogP contribution in [0.15, 0.2) is 34.3 Å². The smallest absolute Gasteiger partial charge is 0.308 e. The molecule has 0 aliphatic carbocycles.